The van der Waals surface area contributed by atoms with Gasteiger partial charge in [0.05, 0.1) is 24.8 Å². The van der Waals surface area contributed by atoms with Crippen LogP contribution in [0.2, 0.25) is 5.02 Å². The van der Waals surface area contributed by atoms with Crippen molar-refractivity contribution in [2.45, 2.75) is 6.92 Å². The summed E-state index contributed by atoms with van der Waals surface area (Å²) in [6.07, 6.45) is 2.46. The quantitative estimate of drug-likeness (QED) is 0.536. The zero-order valence-electron chi connectivity index (χ0n) is 14.9. The van der Waals surface area contributed by atoms with Crippen molar-refractivity contribution in [1.29, 1.82) is 0 Å². The first-order chi connectivity index (χ1) is 12.8. The van der Waals surface area contributed by atoms with E-state index in [2.05, 4.69) is 10.5 Å². The number of sulfonamides is 1. The van der Waals surface area contributed by atoms with Crippen LogP contribution in [0.3, 0.4) is 0 Å². The van der Waals surface area contributed by atoms with Gasteiger partial charge in [0.1, 0.15) is 12.3 Å². The molecule has 0 radical (unpaired) electrons. The van der Waals surface area contributed by atoms with Gasteiger partial charge in [0, 0.05) is 5.02 Å². The van der Waals surface area contributed by atoms with E-state index < -0.39 is 22.5 Å². The van der Waals surface area contributed by atoms with Crippen molar-refractivity contribution in [3.05, 3.63) is 59.1 Å². The van der Waals surface area contributed by atoms with Crippen molar-refractivity contribution in [2.75, 3.05) is 23.7 Å². The Balaban J connectivity index is 2.06. The number of rotatable bonds is 8. The maximum absolute atomic E-state index is 12.1. The predicted octanol–water partition coefficient (Wildman–Crippen LogP) is 2.66. The highest BCUT2D eigenvalue weighted by Gasteiger charge is 2.20. The maximum atomic E-state index is 12.1. The second kappa shape index (κ2) is 9.38. The largest absolute Gasteiger partial charge is 0.494 e. The number of benzene rings is 2. The Morgan fingerprint density at radius 1 is 1.26 bits per heavy atom. The number of amides is 1. The first-order valence-corrected chi connectivity index (χ1v) is 10.3. The molecular weight excluding hydrogens is 390 g/mol. The number of hydrazone groups is 1. The van der Waals surface area contributed by atoms with E-state index >= 15 is 0 Å². The molecule has 144 valence electrons. The van der Waals surface area contributed by atoms with Crippen molar-refractivity contribution in [2.24, 2.45) is 5.10 Å². The van der Waals surface area contributed by atoms with Crippen LogP contribution in [-0.4, -0.2) is 39.9 Å². The van der Waals surface area contributed by atoms with E-state index in [1.807, 2.05) is 6.92 Å². The Bertz CT molecular complexity index is 914. The fraction of sp³-hybridized carbons (Fsp3) is 0.222. The number of anilines is 1. The molecule has 0 aromatic heterocycles. The van der Waals surface area contributed by atoms with Gasteiger partial charge >= 0.3 is 0 Å². The second-order valence-electron chi connectivity index (χ2n) is 5.54. The number of nitrogens with one attached hydrogen (secondary N) is 1. The van der Waals surface area contributed by atoms with E-state index in [9.17, 15) is 13.2 Å². The summed E-state index contributed by atoms with van der Waals surface area (Å²) in [4.78, 5) is 12.1. The maximum Gasteiger partial charge on any atom is 0.260 e. The summed E-state index contributed by atoms with van der Waals surface area (Å²) in [6, 6.07) is 13.4. The molecular formula is C18H20ClN3O4S. The monoisotopic (exact) mass is 409 g/mol. The fourth-order valence-corrected chi connectivity index (χ4v) is 3.26. The predicted molar refractivity (Wildman–Crippen MR) is 107 cm³/mol. The van der Waals surface area contributed by atoms with Crippen molar-refractivity contribution in [1.82, 2.24) is 5.43 Å². The molecule has 0 aliphatic carbocycles. The lowest BCUT2D eigenvalue weighted by Crippen LogP contribution is -2.39. The van der Waals surface area contributed by atoms with E-state index in [0.29, 0.717) is 28.6 Å². The van der Waals surface area contributed by atoms with Crippen LogP contribution >= 0.6 is 11.6 Å². The van der Waals surface area contributed by atoms with Crippen molar-refractivity contribution >= 4 is 39.4 Å². The third-order valence-electron chi connectivity index (χ3n) is 3.37. The first-order valence-electron chi connectivity index (χ1n) is 8.07. The molecule has 27 heavy (non-hydrogen) atoms. The summed E-state index contributed by atoms with van der Waals surface area (Å²) in [6.45, 7) is 1.95. The molecule has 0 aliphatic heterocycles. The molecule has 0 fully saturated rings. The molecule has 1 amide bonds. The van der Waals surface area contributed by atoms with Gasteiger partial charge < -0.3 is 4.74 Å². The highest BCUT2D eigenvalue weighted by molar-refractivity contribution is 7.92. The van der Waals surface area contributed by atoms with Crippen molar-refractivity contribution in [3.8, 4) is 5.75 Å². The summed E-state index contributed by atoms with van der Waals surface area (Å²) in [7, 11) is -3.66. The van der Waals surface area contributed by atoms with Gasteiger partial charge in [-0.2, -0.15) is 5.10 Å². The number of carbonyl (C=O) groups is 1. The minimum Gasteiger partial charge on any atom is -0.494 e. The lowest BCUT2D eigenvalue weighted by Gasteiger charge is -2.21. The molecule has 0 heterocycles. The lowest BCUT2D eigenvalue weighted by atomic mass is 10.2. The molecule has 0 saturated heterocycles. The average Bonchev–Trinajstić information content (AvgIpc) is 2.60. The summed E-state index contributed by atoms with van der Waals surface area (Å²) in [5.41, 5.74) is 3.37. The Labute approximate surface area is 163 Å². The number of hydrogen-bond donors (Lipinski definition) is 1. The summed E-state index contributed by atoms with van der Waals surface area (Å²) < 4.78 is 30.5. The average molecular weight is 410 g/mol. The molecule has 9 heteroatoms. The van der Waals surface area contributed by atoms with Gasteiger partial charge in [-0.3, -0.25) is 9.10 Å². The molecule has 0 unspecified atom stereocenters. The van der Waals surface area contributed by atoms with Crippen LogP contribution < -0.4 is 14.5 Å². The van der Waals surface area contributed by atoms with Gasteiger partial charge in [0.2, 0.25) is 10.0 Å². The van der Waals surface area contributed by atoms with Gasteiger partial charge in [-0.15, -0.1) is 0 Å². The summed E-state index contributed by atoms with van der Waals surface area (Å²) in [5.74, 6) is 0.0397. The Hall–Kier alpha value is -2.58. The fourth-order valence-electron chi connectivity index (χ4n) is 2.21. The number of hydrogen-bond acceptors (Lipinski definition) is 5. The highest BCUT2D eigenvalue weighted by atomic mass is 35.5. The molecule has 0 aliphatic rings. The smallest absolute Gasteiger partial charge is 0.260 e. The van der Waals surface area contributed by atoms with Crippen LogP contribution in [0.5, 0.6) is 5.75 Å². The van der Waals surface area contributed by atoms with Gasteiger partial charge in [0.15, 0.2) is 0 Å². The third-order valence-corrected chi connectivity index (χ3v) is 4.75. The molecule has 0 bridgehead atoms. The number of halogens is 1. The SMILES string of the molecule is CCOc1ccc(N(CC(=O)N/N=C\c2cccc(Cl)c2)S(C)(=O)=O)cc1. The van der Waals surface area contributed by atoms with Crippen LogP contribution in [-0.2, 0) is 14.8 Å². The minimum atomic E-state index is -3.66. The normalized spacial score (nSPS) is 11.4. The lowest BCUT2D eigenvalue weighted by molar-refractivity contribution is -0.119. The Kier molecular flexibility index (Phi) is 7.20. The molecule has 1 N–H and O–H groups in total. The van der Waals surface area contributed by atoms with Crippen molar-refractivity contribution < 1.29 is 17.9 Å². The number of carbonyl (C=O) groups excluding carboxylic acids is 1. The van der Waals surface area contributed by atoms with Gasteiger partial charge in [-0.1, -0.05) is 23.7 Å². The molecule has 0 spiro atoms. The van der Waals surface area contributed by atoms with Crippen LogP contribution in [0.15, 0.2) is 53.6 Å². The number of nitrogens with zero attached hydrogens (tertiary/aromatic N) is 2. The highest BCUT2D eigenvalue weighted by Crippen LogP contribution is 2.21. The molecule has 2 aromatic rings. The minimum absolute atomic E-state index is 0.356. The van der Waals surface area contributed by atoms with E-state index in [-0.39, 0.29) is 0 Å². The zero-order chi connectivity index (χ0) is 19.9. The van der Waals surface area contributed by atoms with E-state index in [4.69, 9.17) is 16.3 Å². The van der Waals surface area contributed by atoms with Gasteiger partial charge in [-0.05, 0) is 48.9 Å². The van der Waals surface area contributed by atoms with Crippen LogP contribution in [0.4, 0.5) is 5.69 Å². The summed E-state index contributed by atoms with van der Waals surface area (Å²) in [5, 5.41) is 4.37. The molecule has 0 atom stereocenters. The molecule has 0 saturated carbocycles. The standard InChI is InChI=1S/C18H20ClN3O4S/c1-3-26-17-9-7-16(8-10-17)22(27(2,24)25)13-18(23)21-20-12-14-5-4-6-15(19)11-14/h4-12H,3,13H2,1-2H3,(H,21,23)/b20-12-. The van der Waals surface area contributed by atoms with Gasteiger partial charge in [-0.25, -0.2) is 13.8 Å². The third kappa shape index (κ3) is 6.58. The van der Waals surface area contributed by atoms with Crippen LogP contribution in [0, 0.1) is 0 Å². The molecule has 7 nitrogen and oxygen atoms in total. The zero-order valence-corrected chi connectivity index (χ0v) is 16.5. The van der Waals surface area contributed by atoms with E-state index in [1.54, 1.807) is 48.5 Å². The van der Waals surface area contributed by atoms with Crippen LogP contribution in [0.25, 0.3) is 0 Å². The molecule has 2 aromatic carbocycles. The van der Waals surface area contributed by atoms with Crippen LogP contribution in [0.1, 0.15) is 12.5 Å². The molecule has 2 rings (SSSR count). The second-order valence-corrected chi connectivity index (χ2v) is 7.89. The van der Waals surface area contributed by atoms with E-state index in [1.165, 1.54) is 6.21 Å². The van der Waals surface area contributed by atoms with E-state index in [0.717, 1.165) is 10.6 Å². The summed E-state index contributed by atoms with van der Waals surface area (Å²) >= 11 is 5.87. The number of ether oxygens (including phenoxy) is 1. The topological polar surface area (TPSA) is 88.1 Å². The van der Waals surface area contributed by atoms with Crippen molar-refractivity contribution in [3.63, 3.8) is 0 Å². The Morgan fingerprint density at radius 3 is 2.56 bits per heavy atom. The van der Waals surface area contributed by atoms with Gasteiger partial charge in [0.25, 0.3) is 5.91 Å². The Morgan fingerprint density at radius 2 is 1.96 bits per heavy atom. The first kappa shape index (κ1) is 20.7.